The number of nitrogens with zero attached hydrogens (tertiary/aromatic N) is 2. The number of aromatic nitrogens is 2. The molecular formula is C25H23ClN4O4S. The maximum absolute atomic E-state index is 13.5. The Morgan fingerprint density at radius 2 is 1.83 bits per heavy atom. The average Bonchev–Trinajstić information content (AvgIpc) is 3.22. The lowest BCUT2D eigenvalue weighted by molar-refractivity contribution is 0.0989. The molecule has 0 fully saturated rings. The van der Waals surface area contributed by atoms with E-state index in [9.17, 15) is 14.4 Å². The highest BCUT2D eigenvalue weighted by Gasteiger charge is 2.27. The van der Waals surface area contributed by atoms with Gasteiger partial charge >= 0.3 is 0 Å². The van der Waals surface area contributed by atoms with Crippen molar-refractivity contribution in [2.24, 2.45) is 0 Å². The molecule has 0 aliphatic heterocycles. The Hall–Kier alpha value is -3.69. The van der Waals surface area contributed by atoms with Crippen LogP contribution in [0.5, 0.6) is 5.75 Å². The van der Waals surface area contributed by atoms with Crippen LogP contribution in [-0.2, 0) is 6.42 Å². The first kappa shape index (κ1) is 24.4. The molecule has 2 aromatic heterocycles. The summed E-state index contributed by atoms with van der Waals surface area (Å²) in [6.07, 6.45) is 1.41. The van der Waals surface area contributed by atoms with Crippen LogP contribution < -0.4 is 20.9 Å². The number of aryl methyl sites for hydroxylation is 2. The molecule has 180 valence electrons. The van der Waals surface area contributed by atoms with Crippen LogP contribution in [0.3, 0.4) is 0 Å². The van der Waals surface area contributed by atoms with Crippen molar-refractivity contribution in [2.45, 2.75) is 26.7 Å². The Balaban J connectivity index is 1.83. The fraction of sp³-hybridized carbons (Fsp3) is 0.200. The van der Waals surface area contributed by atoms with Crippen molar-refractivity contribution in [1.82, 2.24) is 9.38 Å². The summed E-state index contributed by atoms with van der Waals surface area (Å²) in [4.78, 5) is 44.7. The highest BCUT2D eigenvalue weighted by atomic mass is 35.5. The Morgan fingerprint density at radius 3 is 2.54 bits per heavy atom. The Bertz CT molecular complexity index is 1490. The minimum absolute atomic E-state index is 0.0602. The summed E-state index contributed by atoms with van der Waals surface area (Å²) in [6.45, 7) is 3.79. The van der Waals surface area contributed by atoms with E-state index in [0.717, 1.165) is 23.3 Å². The van der Waals surface area contributed by atoms with Gasteiger partial charge in [-0.1, -0.05) is 48.4 Å². The van der Waals surface area contributed by atoms with Gasteiger partial charge in [0.05, 0.1) is 12.8 Å². The first-order valence-electron chi connectivity index (χ1n) is 10.9. The fourth-order valence-corrected chi connectivity index (χ4v) is 4.91. The van der Waals surface area contributed by atoms with Gasteiger partial charge < -0.3 is 15.4 Å². The molecule has 2 heterocycles. The van der Waals surface area contributed by atoms with E-state index < -0.39 is 17.4 Å². The predicted octanol–water partition coefficient (Wildman–Crippen LogP) is 5.18. The lowest BCUT2D eigenvalue weighted by Crippen LogP contribution is -2.25. The normalized spacial score (nSPS) is 10.9. The summed E-state index contributed by atoms with van der Waals surface area (Å²) in [6, 6.07) is 13.3. The van der Waals surface area contributed by atoms with Crippen LogP contribution in [0.15, 0.2) is 53.3 Å². The van der Waals surface area contributed by atoms with Crippen LogP contribution in [-0.4, -0.2) is 28.3 Å². The number of rotatable bonds is 7. The van der Waals surface area contributed by atoms with Crippen molar-refractivity contribution in [3.63, 3.8) is 0 Å². The molecule has 8 nitrogen and oxygen atoms in total. The van der Waals surface area contributed by atoms with E-state index in [2.05, 4.69) is 15.6 Å². The minimum atomic E-state index is -0.633. The third-order valence-corrected chi connectivity index (χ3v) is 6.57. The molecule has 0 bridgehead atoms. The molecule has 0 aliphatic carbocycles. The number of carbonyl (C=O) groups is 2. The highest BCUT2D eigenvalue weighted by molar-refractivity contribution is 7.19. The van der Waals surface area contributed by atoms with Crippen LogP contribution in [0.1, 0.15) is 44.8 Å². The number of halogens is 1. The standard InChI is InChI=1S/C25H23ClN4O4S/c1-4-7-16-13-20(31)30-21(23(32)29-18-8-5-6-9-19(18)34-3)22(35-25(30)27-16)24(33)28-17-11-10-15(26)12-14(17)2/h5-6,8-13H,4,7H2,1-3H3,(H,28,33)(H,29,32). The van der Waals surface area contributed by atoms with E-state index in [4.69, 9.17) is 16.3 Å². The number of ether oxygens (including phenoxy) is 1. The fourth-order valence-electron chi connectivity index (χ4n) is 3.64. The number of benzene rings is 2. The van der Waals surface area contributed by atoms with Crippen molar-refractivity contribution < 1.29 is 14.3 Å². The third kappa shape index (κ3) is 5.06. The van der Waals surface area contributed by atoms with E-state index in [1.807, 2.05) is 13.8 Å². The summed E-state index contributed by atoms with van der Waals surface area (Å²) in [7, 11) is 1.49. The monoisotopic (exact) mass is 510 g/mol. The molecule has 2 aromatic carbocycles. The second-order valence-corrected chi connectivity index (χ2v) is 9.22. The van der Waals surface area contributed by atoms with Gasteiger partial charge in [0, 0.05) is 22.5 Å². The second kappa shape index (κ2) is 10.3. The van der Waals surface area contributed by atoms with E-state index in [0.29, 0.717) is 34.3 Å². The highest BCUT2D eigenvalue weighted by Crippen LogP contribution is 2.28. The van der Waals surface area contributed by atoms with Crippen molar-refractivity contribution in [3.8, 4) is 5.75 Å². The zero-order valence-corrected chi connectivity index (χ0v) is 20.9. The van der Waals surface area contributed by atoms with Gasteiger partial charge in [0.1, 0.15) is 16.3 Å². The number of amides is 2. The van der Waals surface area contributed by atoms with Crippen LogP contribution >= 0.6 is 22.9 Å². The number of hydrogen-bond donors (Lipinski definition) is 2. The molecule has 10 heteroatoms. The van der Waals surface area contributed by atoms with Gasteiger partial charge in [-0.2, -0.15) is 0 Å². The number of thiazole rings is 1. The second-order valence-electron chi connectivity index (χ2n) is 7.80. The summed E-state index contributed by atoms with van der Waals surface area (Å²) in [5.74, 6) is -0.725. The van der Waals surface area contributed by atoms with Gasteiger partial charge in [-0.3, -0.25) is 14.4 Å². The van der Waals surface area contributed by atoms with Gasteiger partial charge in [0.25, 0.3) is 17.4 Å². The van der Waals surface area contributed by atoms with Gasteiger partial charge in [0.2, 0.25) is 0 Å². The molecule has 0 atom stereocenters. The first-order valence-corrected chi connectivity index (χ1v) is 12.1. The summed E-state index contributed by atoms with van der Waals surface area (Å²) in [5.41, 5.74) is 1.79. The van der Waals surface area contributed by atoms with E-state index in [-0.39, 0.29) is 15.5 Å². The zero-order valence-electron chi connectivity index (χ0n) is 19.3. The molecule has 0 saturated carbocycles. The Labute approximate surface area is 210 Å². The summed E-state index contributed by atoms with van der Waals surface area (Å²) in [5, 5.41) is 6.12. The smallest absolute Gasteiger partial charge is 0.274 e. The molecule has 0 spiro atoms. The van der Waals surface area contributed by atoms with Crippen molar-refractivity contribution in [3.05, 3.63) is 85.7 Å². The van der Waals surface area contributed by atoms with Crippen LogP contribution in [0, 0.1) is 6.92 Å². The molecular weight excluding hydrogens is 488 g/mol. The van der Waals surface area contributed by atoms with E-state index in [1.165, 1.54) is 17.6 Å². The van der Waals surface area contributed by atoms with Crippen LogP contribution in [0.25, 0.3) is 4.96 Å². The van der Waals surface area contributed by atoms with Gasteiger partial charge in [-0.25, -0.2) is 9.38 Å². The number of carbonyl (C=O) groups excluding carboxylic acids is 2. The van der Waals surface area contributed by atoms with E-state index >= 15 is 0 Å². The van der Waals surface area contributed by atoms with Crippen LogP contribution in [0.2, 0.25) is 5.02 Å². The first-order chi connectivity index (χ1) is 16.8. The average molecular weight is 511 g/mol. The number of para-hydroxylation sites is 2. The summed E-state index contributed by atoms with van der Waals surface area (Å²) >= 11 is 7.02. The van der Waals surface area contributed by atoms with E-state index in [1.54, 1.807) is 42.5 Å². The molecule has 0 unspecified atom stereocenters. The molecule has 35 heavy (non-hydrogen) atoms. The third-order valence-electron chi connectivity index (χ3n) is 5.29. The predicted molar refractivity (Wildman–Crippen MR) is 138 cm³/mol. The lowest BCUT2D eigenvalue weighted by atomic mass is 10.2. The number of nitrogens with one attached hydrogen (secondary N) is 2. The van der Waals surface area contributed by atoms with Gasteiger partial charge in [-0.15, -0.1) is 0 Å². The maximum Gasteiger partial charge on any atom is 0.274 e. The Morgan fingerprint density at radius 1 is 1.09 bits per heavy atom. The minimum Gasteiger partial charge on any atom is -0.495 e. The largest absolute Gasteiger partial charge is 0.495 e. The van der Waals surface area contributed by atoms with Crippen molar-refractivity contribution in [2.75, 3.05) is 17.7 Å². The molecule has 4 aromatic rings. The van der Waals surface area contributed by atoms with Crippen LogP contribution in [0.4, 0.5) is 11.4 Å². The maximum atomic E-state index is 13.5. The molecule has 4 rings (SSSR count). The van der Waals surface area contributed by atoms with Crippen molar-refractivity contribution >= 4 is 51.1 Å². The number of anilines is 2. The quantitative estimate of drug-likeness (QED) is 0.356. The molecule has 0 aliphatic rings. The summed E-state index contributed by atoms with van der Waals surface area (Å²) < 4.78 is 6.49. The molecule has 0 radical (unpaired) electrons. The van der Waals surface area contributed by atoms with Gasteiger partial charge in [-0.05, 0) is 49.2 Å². The number of hydrogen-bond acceptors (Lipinski definition) is 6. The Kier molecular flexibility index (Phi) is 7.18. The zero-order chi connectivity index (χ0) is 25.1. The number of methoxy groups -OCH3 is 1. The van der Waals surface area contributed by atoms with Gasteiger partial charge in [0.15, 0.2) is 4.96 Å². The SMILES string of the molecule is CCCc1cc(=O)n2c(C(=O)Nc3ccccc3OC)c(C(=O)Nc3ccc(Cl)cc3C)sc2n1. The topological polar surface area (TPSA) is 102 Å². The lowest BCUT2D eigenvalue weighted by Gasteiger charge is -2.11. The molecule has 2 N–H and O–H groups in total. The van der Waals surface area contributed by atoms with Crippen molar-refractivity contribution in [1.29, 1.82) is 0 Å². The number of fused-ring (bicyclic) bond motifs is 1. The molecule has 0 saturated heterocycles. The molecule has 2 amide bonds.